The van der Waals surface area contributed by atoms with E-state index in [0.717, 1.165) is 17.8 Å². The minimum atomic E-state index is -4.33. The molecule has 0 amide bonds. The summed E-state index contributed by atoms with van der Waals surface area (Å²) in [6.45, 7) is 0. The molecular weight excluding hydrogens is 229 g/mol. The highest BCUT2D eigenvalue weighted by atomic mass is 19.4. The van der Waals surface area contributed by atoms with Crippen LogP contribution < -0.4 is 4.90 Å². The summed E-state index contributed by atoms with van der Waals surface area (Å²) in [6, 6.07) is 5.38. The maximum atomic E-state index is 12.5. The fraction of sp³-hybridized carbons (Fsp3) is 0.250. The molecular formula is C12H11F3N2. The van der Waals surface area contributed by atoms with Crippen LogP contribution in [-0.2, 0) is 6.18 Å². The van der Waals surface area contributed by atoms with E-state index in [9.17, 15) is 13.2 Å². The number of rotatable bonds is 1. The topological polar surface area (TPSA) is 16.1 Å². The van der Waals surface area contributed by atoms with Gasteiger partial charge < -0.3 is 4.90 Å². The second-order valence-electron chi connectivity index (χ2n) is 3.95. The lowest BCUT2D eigenvalue weighted by atomic mass is 10.1. The van der Waals surface area contributed by atoms with Gasteiger partial charge in [-0.25, -0.2) is 0 Å². The molecule has 1 heterocycles. The predicted octanol–water partition coefficient (Wildman–Crippen LogP) is 3.32. The summed E-state index contributed by atoms with van der Waals surface area (Å²) in [5, 5.41) is 0.713. The van der Waals surface area contributed by atoms with Gasteiger partial charge in [0, 0.05) is 31.4 Å². The number of hydrogen-bond acceptors (Lipinski definition) is 2. The van der Waals surface area contributed by atoms with Crippen LogP contribution in [0.15, 0.2) is 30.5 Å². The number of aromatic nitrogens is 1. The highest BCUT2D eigenvalue weighted by Crippen LogP contribution is 2.32. The molecule has 17 heavy (non-hydrogen) atoms. The molecule has 0 bridgehead atoms. The molecule has 2 aromatic rings. The fourth-order valence-electron chi connectivity index (χ4n) is 1.70. The highest BCUT2D eigenvalue weighted by Gasteiger charge is 2.30. The SMILES string of the molecule is CN(C)c1ccnc2cc(C(F)(F)F)ccc12. The van der Waals surface area contributed by atoms with E-state index in [1.807, 2.05) is 19.0 Å². The van der Waals surface area contributed by atoms with Crippen LogP contribution in [0.5, 0.6) is 0 Å². The van der Waals surface area contributed by atoms with Crippen LogP contribution in [0.4, 0.5) is 18.9 Å². The van der Waals surface area contributed by atoms with Crippen molar-refractivity contribution in [2.45, 2.75) is 6.18 Å². The lowest BCUT2D eigenvalue weighted by Crippen LogP contribution is -2.10. The fourth-order valence-corrected chi connectivity index (χ4v) is 1.70. The molecule has 0 N–H and O–H groups in total. The molecule has 1 aromatic heterocycles. The predicted molar refractivity (Wildman–Crippen MR) is 61.1 cm³/mol. The molecule has 2 rings (SSSR count). The maximum absolute atomic E-state index is 12.5. The van der Waals surface area contributed by atoms with E-state index >= 15 is 0 Å². The summed E-state index contributed by atoms with van der Waals surface area (Å²) in [7, 11) is 3.68. The van der Waals surface area contributed by atoms with Crippen molar-refractivity contribution in [1.82, 2.24) is 4.98 Å². The van der Waals surface area contributed by atoms with E-state index < -0.39 is 11.7 Å². The molecule has 0 radical (unpaired) electrons. The molecule has 0 aliphatic rings. The lowest BCUT2D eigenvalue weighted by Gasteiger charge is -2.15. The van der Waals surface area contributed by atoms with Crippen molar-refractivity contribution in [1.29, 1.82) is 0 Å². The van der Waals surface area contributed by atoms with Gasteiger partial charge in [0.2, 0.25) is 0 Å². The van der Waals surface area contributed by atoms with E-state index in [0.29, 0.717) is 10.9 Å². The van der Waals surface area contributed by atoms with Gasteiger partial charge in [0.05, 0.1) is 11.1 Å². The first kappa shape index (κ1) is 11.7. The molecule has 2 nitrogen and oxygen atoms in total. The number of pyridine rings is 1. The van der Waals surface area contributed by atoms with Crippen LogP contribution in [0.3, 0.4) is 0 Å². The molecule has 0 unspecified atom stereocenters. The van der Waals surface area contributed by atoms with Crippen LogP contribution in [0.2, 0.25) is 0 Å². The number of nitrogens with zero attached hydrogens (tertiary/aromatic N) is 2. The molecule has 0 aliphatic carbocycles. The van der Waals surface area contributed by atoms with Gasteiger partial charge in [-0.05, 0) is 18.2 Å². The summed E-state index contributed by atoms with van der Waals surface area (Å²) in [5.74, 6) is 0. The Kier molecular flexibility index (Phi) is 2.69. The number of fused-ring (bicyclic) bond motifs is 1. The minimum absolute atomic E-state index is 0.353. The van der Waals surface area contributed by atoms with Crippen molar-refractivity contribution >= 4 is 16.6 Å². The van der Waals surface area contributed by atoms with Crippen LogP contribution in [-0.4, -0.2) is 19.1 Å². The van der Waals surface area contributed by atoms with Gasteiger partial charge in [0.25, 0.3) is 0 Å². The normalized spacial score (nSPS) is 11.8. The average molecular weight is 240 g/mol. The van der Waals surface area contributed by atoms with Gasteiger partial charge in [-0.15, -0.1) is 0 Å². The molecule has 90 valence electrons. The summed E-state index contributed by atoms with van der Waals surface area (Å²) < 4.78 is 37.6. The Morgan fingerprint density at radius 1 is 1.12 bits per heavy atom. The first-order valence-corrected chi connectivity index (χ1v) is 5.03. The number of anilines is 1. The standard InChI is InChI=1S/C12H11F3N2/c1-17(2)11-5-6-16-10-7-8(12(13,14)15)3-4-9(10)11/h3-7H,1-2H3. The Morgan fingerprint density at radius 2 is 1.82 bits per heavy atom. The molecule has 0 atom stereocenters. The van der Waals surface area contributed by atoms with Crippen molar-refractivity contribution in [3.05, 3.63) is 36.0 Å². The third kappa shape index (κ3) is 2.18. The van der Waals surface area contributed by atoms with Crippen molar-refractivity contribution in [2.75, 3.05) is 19.0 Å². The summed E-state index contributed by atoms with van der Waals surface area (Å²) in [6.07, 6.45) is -2.82. The van der Waals surface area contributed by atoms with E-state index in [2.05, 4.69) is 4.98 Å². The van der Waals surface area contributed by atoms with E-state index in [-0.39, 0.29) is 0 Å². The molecule has 1 aromatic carbocycles. The second-order valence-corrected chi connectivity index (χ2v) is 3.95. The zero-order valence-corrected chi connectivity index (χ0v) is 9.42. The lowest BCUT2D eigenvalue weighted by molar-refractivity contribution is -0.137. The van der Waals surface area contributed by atoms with Crippen LogP contribution in [0.25, 0.3) is 10.9 Å². The highest BCUT2D eigenvalue weighted by molar-refractivity contribution is 5.91. The van der Waals surface area contributed by atoms with Gasteiger partial charge in [-0.2, -0.15) is 13.2 Å². The Labute approximate surface area is 96.7 Å². The first-order chi connectivity index (χ1) is 7.89. The molecule has 5 heteroatoms. The van der Waals surface area contributed by atoms with Crippen molar-refractivity contribution in [3.8, 4) is 0 Å². The molecule has 0 fully saturated rings. The Balaban J connectivity index is 2.65. The average Bonchev–Trinajstić information content (AvgIpc) is 2.26. The third-order valence-electron chi connectivity index (χ3n) is 2.53. The number of benzene rings is 1. The van der Waals surface area contributed by atoms with Crippen LogP contribution in [0, 0.1) is 0 Å². The summed E-state index contributed by atoms with van der Waals surface area (Å²) in [5.41, 5.74) is 0.531. The van der Waals surface area contributed by atoms with Crippen molar-refractivity contribution < 1.29 is 13.2 Å². The summed E-state index contributed by atoms with van der Waals surface area (Å²) in [4.78, 5) is 5.82. The van der Waals surface area contributed by atoms with E-state index in [1.54, 1.807) is 6.07 Å². The second kappa shape index (κ2) is 3.91. The zero-order valence-electron chi connectivity index (χ0n) is 9.42. The van der Waals surface area contributed by atoms with Crippen LogP contribution in [0.1, 0.15) is 5.56 Å². The largest absolute Gasteiger partial charge is 0.416 e. The minimum Gasteiger partial charge on any atom is -0.377 e. The quantitative estimate of drug-likeness (QED) is 0.760. The number of hydrogen-bond donors (Lipinski definition) is 0. The third-order valence-corrected chi connectivity index (χ3v) is 2.53. The zero-order chi connectivity index (χ0) is 12.6. The Bertz CT molecular complexity index is 547. The maximum Gasteiger partial charge on any atom is 0.416 e. The Hall–Kier alpha value is -1.78. The molecule has 0 saturated heterocycles. The van der Waals surface area contributed by atoms with Gasteiger partial charge in [0.15, 0.2) is 0 Å². The van der Waals surface area contributed by atoms with Crippen molar-refractivity contribution in [2.24, 2.45) is 0 Å². The Morgan fingerprint density at radius 3 is 2.41 bits per heavy atom. The van der Waals surface area contributed by atoms with Gasteiger partial charge in [-0.3, -0.25) is 4.98 Å². The van der Waals surface area contributed by atoms with Gasteiger partial charge in [-0.1, -0.05) is 6.07 Å². The monoisotopic (exact) mass is 240 g/mol. The smallest absolute Gasteiger partial charge is 0.377 e. The summed E-state index contributed by atoms with van der Waals surface area (Å²) >= 11 is 0. The van der Waals surface area contributed by atoms with Gasteiger partial charge >= 0.3 is 6.18 Å². The van der Waals surface area contributed by atoms with E-state index in [1.165, 1.54) is 12.3 Å². The first-order valence-electron chi connectivity index (χ1n) is 5.03. The van der Waals surface area contributed by atoms with Crippen LogP contribution >= 0.6 is 0 Å². The molecule has 0 aliphatic heterocycles. The molecule has 0 saturated carbocycles. The number of alkyl halides is 3. The van der Waals surface area contributed by atoms with Crippen molar-refractivity contribution in [3.63, 3.8) is 0 Å². The van der Waals surface area contributed by atoms with Gasteiger partial charge in [0.1, 0.15) is 0 Å². The molecule has 0 spiro atoms. The van der Waals surface area contributed by atoms with E-state index in [4.69, 9.17) is 0 Å². The number of halogens is 3.